The molecule has 0 fully saturated rings. The van der Waals surface area contributed by atoms with Gasteiger partial charge in [0.25, 0.3) is 0 Å². The van der Waals surface area contributed by atoms with Crippen molar-refractivity contribution in [2.75, 3.05) is 0 Å². The maximum atomic E-state index is 6.25. The first-order chi connectivity index (χ1) is 9.68. The number of hydrogen-bond acceptors (Lipinski definition) is 2. The van der Waals surface area contributed by atoms with Gasteiger partial charge >= 0.3 is 0 Å². The van der Waals surface area contributed by atoms with Crippen LogP contribution in [0.1, 0.15) is 49.0 Å². The SMILES string of the molecule is Cc1ccc(Cc2nc(Cl)c(Br)c(C(C)(C)C)n2)cc1C. The molecule has 0 amide bonds. The number of benzene rings is 1. The average molecular weight is 368 g/mol. The maximum Gasteiger partial charge on any atom is 0.147 e. The second-order valence-electron chi connectivity index (χ2n) is 6.44. The van der Waals surface area contributed by atoms with E-state index in [2.05, 4.69) is 73.7 Å². The van der Waals surface area contributed by atoms with Crippen LogP contribution in [0.2, 0.25) is 5.15 Å². The van der Waals surface area contributed by atoms with E-state index in [4.69, 9.17) is 16.6 Å². The normalized spacial score (nSPS) is 11.8. The van der Waals surface area contributed by atoms with E-state index in [1.54, 1.807) is 0 Å². The summed E-state index contributed by atoms with van der Waals surface area (Å²) in [5.74, 6) is 0.761. The lowest BCUT2D eigenvalue weighted by Crippen LogP contribution is -2.17. The van der Waals surface area contributed by atoms with Crippen LogP contribution in [-0.2, 0) is 11.8 Å². The van der Waals surface area contributed by atoms with Crippen LogP contribution in [0.3, 0.4) is 0 Å². The van der Waals surface area contributed by atoms with Crippen molar-refractivity contribution in [3.05, 3.63) is 56.0 Å². The summed E-state index contributed by atoms with van der Waals surface area (Å²) in [5.41, 5.74) is 4.65. The molecular formula is C17H20BrClN2. The molecule has 0 aliphatic heterocycles. The molecule has 1 aromatic carbocycles. The molecule has 0 spiro atoms. The third kappa shape index (κ3) is 3.83. The Morgan fingerprint density at radius 3 is 2.33 bits per heavy atom. The second kappa shape index (κ2) is 6.05. The highest BCUT2D eigenvalue weighted by molar-refractivity contribution is 9.10. The Morgan fingerprint density at radius 2 is 1.76 bits per heavy atom. The van der Waals surface area contributed by atoms with E-state index < -0.39 is 0 Å². The van der Waals surface area contributed by atoms with Crippen molar-refractivity contribution < 1.29 is 0 Å². The Bertz CT molecular complexity index is 675. The van der Waals surface area contributed by atoms with Crippen LogP contribution in [0.25, 0.3) is 0 Å². The molecule has 2 aromatic rings. The fourth-order valence-corrected chi connectivity index (χ4v) is 3.09. The highest BCUT2D eigenvalue weighted by Gasteiger charge is 2.22. The van der Waals surface area contributed by atoms with Crippen molar-refractivity contribution in [2.45, 2.75) is 46.5 Å². The van der Waals surface area contributed by atoms with Crippen molar-refractivity contribution in [3.63, 3.8) is 0 Å². The summed E-state index contributed by atoms with van der Waals surface area (Å²) in [6.45, 7) is 10.6. The molecule has 0 atom stereocenters. The van der Waals surface area contributed by atoms with E-state index in [-0.39, 0.29) is 5.41 Å². The van der Waals surface area contributed by atoms with E-state index in [0.29, 0.717) is 11.6 Å². The fraction of sp³-hybridized carbons (Fsp3) is 0.412. The average Bonchev–Trinajstić information content (AvgIpc) is 2.36. The van der Waals surface area contributed by atoms with Crippen LogP contribution >= 0.6 is 27.5 Å². The molecule has 0 N–H and O–H groups in total. The molecule has 0 bridgehead atoms. The Morgan fingerprint density at radius 1 is 1.10 bits per heavy atom. The molecule has 1 heterocycles. The third-order valence-corrected chi connectivity index (χ3v) is 4.75. The molecule has 112 valence electrons. The number of nitrogens with zero attached hydrogens (tertiary/aromatic N) is 2. The van der Waals surface area contributed by atoms with Crippen LogP contribution < -0.4 is 0 Å². The van der Waals surface area contributed by atoms with Crippen LogP contribution in [0.15, 0.2) is 22.7 Å². The molecule has 2 rings (SSSR count). The number of aromatic nitrogens is 2. The van der Waals surface area contributed by atoms with Crippen molar-refractivity contribution in [2.24, 2.45) is 0 Å². The highest BCUT2D eigenvalue weighted by atomic mass is 79.9. The predicted octanol–water partition coefficient (Wildman–Crippen LogP) is 5.40. The molecule has 0 aliphatic carbocycles. The molecule has 1 aromatic heterocycles. The van der Waals surface area contributed by atoms with Crippen LogP contribution in [0.4, 0.5) is 0 Å². The van der Waals surface area contributed by atoms with Gasteiger partial charge in [0.2, 0.25) is 0 Å². The van der Waals surface area contributed by atoms with Gasteiger partial charge in [-0.2, -0.15) is 0 Å². The number of rotatable bonds is 2. The Balaban J connectivity index is 2.41. The molecule has 0 radical (unpaired) electrons. The molecular weight excluding hydrogens is 348 g/mol. The molecule has 0 aliphatic rings. The zero-order valence-corrected chi connectivity index (χ0v) is 15.4. The second-order valence-corrected chi connectivity index (χ2v) is 7.59. The largest absolute Gasteiger partial charge is 0.236 e. The van der Waals surface area contributed by atoms with Gasteiger partial charge < -0.3 is 0 Å². The van der Waals surface area contributed by atoms with Gasteiger partial charge in [-0.3, -0.25) is 0 Å². The minimum atomic E-state index is -0.0800. The predicted molar refractivity (Wildman–Crippen MR) is 92.2 cm³/mol. The van der Waals surface area contributed by atoms with E-state index >= 15 is 0 Å². The molecule has 4 heteroatoms. The monoisotopic (exact) mass is 366 g/mol. The summed E-state index contributed by atoms with van der Waals surface area (Å²) in [6, 6.07) is 6.44. The van der Waals surface area contributed by atoms with Gasteiger partial charge in [0.05, 0.1) is 10.2 Å². The zero-order chi connectivity index (χ0) is 15.8. The summed E-state index contributed by atoms with van der Waals surface area (Å²) in [7, 11) is 0. The van der Waals surface area contributed by atoms with Gasteiger partial charge in [-0.05, 0) is 46.5 Å². The molecule has 0 saturated heterocycles. The lowest BCUT2D eigenvalue weighted by molar-refractivity contribution is 0.559. The lowest BCUT2D eigenvalue weighted by Gasteiger charge is -2.20. The Labute approximate surface area is 140 Å². The topological polar surface area (TPSA) is 25.8 Å². The fourth-order valence-electron chi connectivity index (χ4n) is 2.14. The van der Waals surface area contributed by atoms with Crippen LogP contribution in [-0.4, -0.2) is 9.97 Å². The Kier molecular flexibility index (Phi) is 4.74. The highest BCUT2D eigenvalue weighted by Crippen LogP contribution is 2.32. The van der Waals surface area contributed by atoms with Crippen molar-refractivity contribution in [1.82, 2.24) is 9.97 Å². The van der Waals surface area contributed by atoms with Gasteiger partial charge in [0.1, 0.15) is 11.0 Å². The molecule has 2 nitrogen and oxygen atoms in total. The van der Waals surface area contributed by atoms with Gasteiger partial charge in [-0.25, -0.2) is 9.97 Å². The van der Waals surface area contributed by atoms with Gasteiger partial charge in [-0.1, -0.05) is 50.6 Å². The van der Waals surface area contributed by atoms with E-state index in [0.717, 1.165) is 16.0 Å². The molecule has 0 saturated carbocycles. The third-order valence-electron chi connectivity index (χ3n) is 3.50. The number of hydrogen-bond donors (Lipinski definition) is 0. The smallest absolute Gasteiger partial charge is 0.147 e. The van der Waals surface area contributed by atoms with Crippen molar-refractivity contribution in [1.29, 1.82) is 0 Å². The summed E-state index contributed by atoms with van der Waals surface area (Å²) < 4.78 is 0.792. The number of aryl methyl sites for hydroxylation is 2. The minimum absolute atomic E-state index is 0.0800. The summed E-state index contributed by atoms with van der Waals surface area (Å²) in [6.07, 6.45) is 0.692. The van der Waals surface area contributed by atoms with Crippen LogP contribution in [0, 0.1) is 13.8 Å². The molecule has 0 unspecified atom stereocenters. The molecule has 21 heavy (non-hydrogen) atoms. The van der Waals surface area contributed by atoms with E-state index in [1.807, 2.05) is 0 Å². The van der Waals surface area contributed by atoms with Crippen molar-refractivity contribution in [3.8, 4) is 0 Å². The summed E-state index contributed by atoms with van der Waals surface area (Å²) in [5, 5.41) is 0.480. The van der Waals surface area contributed by atoms with Gasteiger partial charge in [0.15, 0.2) is 0 Å². The zero-order valence-electron chi connectivity index (χ0n) is 13.1. The standard InChI is InChI=1S/C17H20BrClN2/c1-10-6-7-12(8-11(10)2)9-13-20-15(17(3,4)5)14(18)16(19)21-13/h6-8H,9H2,1-5H3. The van der Waals surface area contributed by atoms with Gasteiger partial charge in [-0.15, -0.1) is 0 Å². The van der Waals surface area contributed by atoms with E-state index in [1.165, 1.54) is 16.7 Å². The first-order valence-corrected chi connectivity index (χ1v) is 8.14. The van der Waals surface area contributed by atoms with Gasteiger partial charge in [0, 0.05) is 11.8 Å². The summed E-state index contributed by atoms with van der Waals surface area (Å²) in [4.78, 5) is 9.11. The first kappa shape index (κ1) is 16.4. The first-order valence-electron chi connectivity index (χ1n) is 6.97. The number of halogens is 2. The minimum Gasteiger partial charge on any atom is -0.236 e. The quantitative estimate of drug-likeness (QED) is 0.664. The van der Waals surface area contributed by atoms with E-state index in [9.17, 15) is 0 Å². The maximum absolute atomic E-state index is 6.25. The Hall–Kier alpha value is -0.930. The summed E-state index contributed by atoms with van der Waals surface area (Å²) >= 11 is 9.75. The van der Waals surface area contributed by atoms with Crippen LogP contribution in [0.5, 0.6) is 0 Å². The van der Waals surface area contributed by atoms with Crippen molar-refractivity contribution >= 4 is 27.5 Å². The lowest BCUT2D eigenvalue weighted by atomic mass is 9.92.